The highest BCUT2D eigenvalue weighted by Crippen LogP contribution is 2.24. The molecule has 1 aliphatic heterocycles. The van der Waals surface area contributed by atoms with Crippen molar-refractivity contribution in [3.05, 3.63) is 106 Å². The van der Waals surface area contributed by atoms with E-state index >= 15 is 0 Å². The third-order valence-electron chi connectivity index (χ3n) is 6.71. The van der Waals surface area contributed by atoms with E-state index in [0.717, 1.165) is 11.1 Å². The number of halogens is 2. The van der Waals surface area contributed by atoms with Gasteiger partial charge in [0, 0.05) is 49.4 Å². The van der Waals surface area contributed by atoms with Gasteiger partial charge in [-0.25, -0.2) is 4.39 Å². The fraction of sp³-hybridized carbons (Fsp3) is 0.290. The number of hydrogen-bond donors (Lipinski definition) is 1. The Labute approximate surface area is 234 Å². The average molecular weight is 550 g/mol. The Morgan fingerprint density at radius 2 is 1.79 bits per heavy atom. The molecule has 6 nitrogen and oxygen atoms in total. The minimum Gasteiger partial charge on any atom is -0.375 e. The van der Waals surface area contributed by atoms with E-state index in [1.54, 1.807) is 36.4 Å². The summed E-state index contributed by atoms with van der Waals surface area (Å²) in [6.45, 7) is 6.12. The molecule has 2 amide bonds. The van der Waals surface area contributed by atoms with E-state index in [1.807, 2.05) is 35.2 Å². The van der Waals surface area contributed by atoms with Crippen LogP contribution in [0.5, 0.6) is 0 Å². The maximum atomic E-state index is 13.5. The van der Waals surface area contributed by atoms with Crippen LogP contribution >= 0.6 is 11.6 Å². The van der Waals surface area contributed by atoms with Crippen molar-refractivity contribution in [3.8, 4) is 0 Å². The normalized spacial score (nSPS) is 17.9. The van der Waals surface area contributed by atoms with Crippen molar-refractivity contribution < 1.29 is 18.7 Å². The molecule has 0 saturated carbocycles. The van der Waals surface area contributed by atoms with E-state index in [2.05, 4.69) is 17.1 Å². The number of ether oxygens (including phenoxy) is 1. The summed E-state index contributed by atoms with van der Waals surface area (Å²) < 4.78 is 19.5. The van der Waals surface area contributed by atoms with Crippen molar-refractivity contribution in [2.24, 2.45) is 0 Å². The van der Waals surface area contributed by atoms with Crippen LogP contribution in [0.25, 0.3) is 6.08 Å². The number of nitrogens with one attached hydrogen (secondary N) is 1. The van der Waals surface area contributed by atoms with E-state index in [0.29, 0.717) is 49.1 Å². The first-order valence-corrected chi connectivity index (χ1v) is 13.3. The van der Waals surface area contributed by atoms with Crippen LogP contribution in [0.1, 0.15) is 30.5 Å². The minimum atomic E-state index is -0.261. The second kappa shape index (κ2) is 13.5. The Hall–Kier alpha value is -3.52. The molecule has 4 rings (SSSR count). The lowest BCUT2D eigenvalue weighted by molar-refractivity contribution is -0.135. The first-order chi connectivity index (χ1) is 18.8. The Kier molecular flexibility index (Phi) is 9.87. The second-order valence-corrected chi connectivity index (χ2v) is 10.2. The molecule has 1 fully saturated rings. The van der Waals surface area contributed by atoms with Gasteiger partial charge in [-0.1, -0.05) is 60.1 Å². The zero-order chi connectivity index (χ0) is 27.8. The number of carbonyl (C=O) groups excluding carboxylic acids is 2. The molecule has 1 aliphatic rings. The van der Waals surface area contributed by atoms with Gasteiger partial charge in [0.15, 0.2) is 0 Å². The molecule has 1 saturated heterocycles. The SMILES string of the molecule is CC(=O)Nc1cc(Cl)ccc1/C=C/C(=O)N1C[C@H](C)N(Cc2ccc(F)cc2)C[C@H]1COCc1ccccc1. The Balaban J connectivity index is 1.50. The molecule has 8 heteroatoms. The van der Waals surface area contributed by atoms with Crippen LogP contribution in [0, 0.1) is 5.82 Å². The lowest BCUT2D eigenvalue weighted by Gasteiger charge is -2.45. The van der Waals surface area contributed by atoms with Crippen molar-refractivity contribution in [2.75, 3.05) is 25.0 Å². The van der Waals surface area contributed by atoms with Gasteiger partial charge in [-0.05, 0) is 54.0 Å². The predicted molar refractivity (Wildman–Crippen MR) is 153 cm³/mol. The largest absolute Gasteiger partial charge is 0.375 e. The maximum absolute atomic E-state index is 13.5. The third kappa shape index (κ3) is 8.23. The zero-order valence-corrected chi connectivity index (χ0v) is 22.9. The molecule has 0 aromatic heterocycles. The summed E-state index contributed by atoms with van der Waals surface area (Å²) in [7, 11) is 0. The number of amides is 2. The summed E-state index contributed by atoms with van der Waals surface area (Å²) in [6.07, 6.45) is 3.22. The highest BCUT2D eigenvalue weighted by atomic mass is 35.5. The van der Waals surface area contributed by atoms with Gasteiger partial charge in [-0.2, -0.15) is 0 Å². The van der Waals surface area contributed by atoms with Gasteiger partial charge in [0.05, 0.1) is 19.3 Å². The van der Waals surface area contributed by atoms with Gasteiger partial charge in [0.2, 0.25) is 11.8 Å². The van der Waals surface area contributed by atoms with Crippen LogP contribution in [0.15, 0.2) is 78.9 Å². The number of benzene rings is 3. The van der Waals surface area contributed by atoms with Gasteiger partial charge in [0.1, 0.15) is 5.82 Å². The molecule has 0 aliphatic carbocycles. The highest BCUT2D eigenvalue weighted by molar-refractivity contribution is 6.31. The Morgan fingerprint density at radius 3 is 2.51 bits per heavy atom. The number of piperazine rings is 1. The molecule has 0 bridgehead atoms. The molecule has 3 aromatic rings. The van der Waals surface area contributed by atoms with Gasteiger partial charge in [-0.3, -0.25) is 14.5 Å². The van der Waals surface area contributed by atoms with Gasteiger partial charge < -0.3 is 15.0 Å². The third-order valence-corrected chi connectivity index (χ3v) is 6.94. The predicted octanol–water partition coefficient (Wildman–Crippen LogP) is 5.77. The van der Waals surface area contributed by atoms with Crippen molar-refractivity contribution >= 4 is 35.2 Å². The van der Waals surface area contributed by atoms with Crippen LogP contribution < -0.4 is 5.32 Å². The van der Waals surface area contributed by atoms with Crippen LogP contribution in [0.3, 0.4) is 0 Å². The van der Waals surface area contributed by atoms with E-state index in [-0.39, 0.29) is 29.7 Å². The number of hydrogen-bond acceptors (Lipinski definition) is 4. The summed E-state index contributed by atoms with van der Waals surface area (Å²) >= 11 is 6.10. The summed E-state index contributed by atoms with van der Waals surface area (Å²) in [5.74, 6) is -0.621. The van der Waals surface area contributed by atoms with Crippen molar-refractivity contribution in [1.29, 1.82) is 0 Å². The molecular weight excluding hydrogens is 517 g/mol. The zero-order valence-electron chi connectivity index (χ0n) is 22.1. The molecular formula is C31H33ClFN3O3. The topological polar surface area (TPSA) is 61.9 Å². The van der Waals surface area contributed by atoms with Crippen molar-refractivity contribution in [3.63, 3.8) is 0 Å². The summed E-state index contributed by atoms with van der Waals surface area (Å²) in [4.78, 5) is 29.3. The van der Waals surface area contributed by atoms with E-state index < -0.39 is 0 Å². The van der Waals surface area contributed by atoms with Crippen LogP contribution in [0.4, 0.5) is 10.1 Å². The smallest absolute Gasteiger partial charge is 0.247 e. The first-order valence-electron chi connectivity index (χ1n) is 12.9. The summed E-state index contributed by atoms with van der Waals surface area (Å²) in [5, 5.41) is 3.25. The van der Waals surface area contributed by atoms with E-state index in [1.165, 1.54) is 25.1 Å². The van der Waals surface area contributed by atoms with Crippen molar-refractivity contribution in [2.45, 2.75) is 39.1 Å². The molecule has 0 radical (unpaired) electrons. The molecule has 39 heavy (non-hydrogen) atoms. The number of rotatable bonds is 9. The molecule has 3 aromatic carbocycles. The monoisotopic (exact) mass is 549 g/mol. The lowest BCUT2D eigenvalue weighted by atomic mass is 10.1. The quantitative estimate of drug-likeness (QED) is 0.344. The summed E-state index contributed by atoms with van der Waals surface area (Å²) in [5.41, 5.74) is 3.30. The van der Waals surface area contributed by atoms with Gasteiger partial charge in [-0.15, -0.1) is 0 Å². The van der Waals surface area contributed by atoms with Crippen LogP contribution in [-0.4, -0.2) is 53.4 Å². The Bertz CT molecular complexity index is 1300. The summed E-state index contributed by atoms with van der Waals surface area (Å²) in [6, 6.07) is 21.5. The minimum absolute atomic E-state index is 0.0863. The highest BCUT2D eigenvalue weighted by Gasteiger charge is 2.33. The van der Waals surface area contributed by atoms with Gasteiger partial charge in [0.25, 0.3) is 0 Å². The molecule has 0 unspecified atom stereocenters. The molecule has 0 spiro atoms. The first kappa shape index (κ1) is 28.5. The van der Waals surface area contributed by atoms with Crippen molar-refractivity contribution in [1.82, 2.24) is 9.80 Å². The number of carbonyl (C=O) groups is 2. The van der Waals surface area contributed by atoms with E-state index in [9.17, 15) is 14.0 Å². The molecule has 1 heterocycles. The second-order valence-electron chi connectivity index (χ2n) is 9.80. The average Bonchev–Trinajstić information content (AvgIpc) is 2.91. The Morgan fingerprint density at radius 1 is 1.05 bits per heavy atom. The standard InChI is InChI=1S/C31H33ClFN3O3/c1-22-17-36(31(38)15-11-26-10-12-27(32)16-30(26)34-23(2)37)29(21-39-20-25-6-4-3-5-7-25)19-35(22)18-24-8-13-28(33)14-9-24/h3-16,22,29H,17-21H2,1-2H3,(H,34,37)/b15-11+/t22-,29-/m0/s1. The fourth-order valence-corrected chi connectivity index (χ4v) is 4.84. The molecule has 204 valence electrons. The lowest BCUT2D eigenvalue weighted by Crippen LogP contribution is -2.59. The van der Waals surface area contributed by atoms with Crippen LogP contribution in [-0.2, 0) is 27.5 Å². The van der Waals surface area contributed by atoms with Crippen LogP contribution in [0.2, 0.25) is 5.02 Å². The number of anilines is 1. The maximum Gasteiger partial charge on any atom is 0.247 e. The number of nitrogens with zero attached hydrogens (tertiary/aromatic N) is 2. The molecule has 2 atom stereocenters. The van der Waals surface area contributed by atoms with E-state index in [4.69, 9.17) is 16.3 Å². The fourth-order valence-electron chi connectivity index (χ4n) is 4.67. The molecule has 1 N–H and O–H groups in total. The van der Waals surface area contributed by atoms with Gasteiger partial charge >= 0.3 is 0 Å².